The van der Waals surface area contributed by atoms with Crippen molar-refractivity contribution in [2.24, 2.45) is 23.5 Å². The lowest BCUT2D eigenvalue weighted by Crippen LogP contribution is -2.24. The first-order chi connectivity index (χ1) is 7.83. The molecule has 94 valence electrons. The van der Waals surface area contributed by atoms with Gasteiger partial charge in [0, 0.05) is 6.04 Å². The smallest absolute Gasteiger partial charge is 0.00726 e. The molecule has 0 aliphatic heterocycles. The molecule has 16 heavy (non-hydrogen) atoms. The number of unbranched alkanes of at least 4 members (excludes halogenated alkanes) is 4. The van der Waals surface area contributed by atoms with E-state index < -0.39 is 0 Å². The van der Waals surface area contributed by atoms with E-state index in [2.05, 4.69) is 6.92 Å². The quantitative estimate of drug-likeness (QED) is 0.674. The molecule has 0 radical (unpaired) electrons. The number of fused-ring (bicyclic) bond motifs is 1. The molecule has 2 aliphatic rings. The van der Waals surface area contributed by atoms with E-state index >= 15 is 0 Å². The number of rotatable bonds is 6. The molecule has 0 aromatic heterocycles. The maximum Gasteiger partial charge on any atom is 0.00726 e. The predicted octanol–water partition coefficient (Wildman–Crippen LogP) is 4.11. The molecule has 0 saturated heterocycles. The fourth-order valence-electron chi connectivity index (χ4n) is 4.18. The number of hydrogen-bond donors (Lipinski definition) is 1. The van der Waals surface area contributed by atoms with Gasteiger partial charge in [-0.05, 0) is 37.0 Å². The maximum absolute atomic E-state index is 6.26. The van der Waals surface area contributed by atoms with Crippen LogP contribution in [0.5, 0.6) is 0 Å². The van der Waals surface area contributed by atoms with E-state index in [1.807, 2.05) is 0 Å². The van der Waals surface area contributed by atoms with Gasteiger partial charge in [0.15, 0.2) is 0 Å². The first kappa shape index (κ1) is 12.4. The van der Waals surface area contributed by atoms with Crippen LogP contribution in [0.1, 0.15) is 71.1 Å². The van der Waals surface area contributed by atoms with Crippen LogP contribution in [0.2, 0.25) is 0 Å². The van der Waals surface area contributed by atoms with E-state index in [4.69, 9.17) is 5.73 Å². The van der Waals surface area contributed by atoms with Gasteiger partial charge in [-0.2, -0.15) is 0 Å². The molecule has 2 saturated carbocycles. The van der Waals surface area contributed by atoms with Crippen molar-refractivity contribution in [2.75, 3.05) is 0 Å². The zero-order chi connectivity index (χ0) is 11.4. The number of hydrogen-bond acceptors (Lipinski definition) is 1. The summed E-state index contributed by atoms with van der Waals surface area (Å²) in [6.07, 6.45) is 14.3. The Morgan fingerprint density at radius 2 is 1.75 bits per heavy atom. The van der Waals surface area contributed by atoms with Crippen molar-refractivity contribution in [1.82, 2.24) is 0 Å². The Kier molecular flexibility index (Phi) is 4.69. The highest BCUT2D eigenvalue weighted by molar-refractivity contribution is 4.96. The lowest BCUT2D eigenvalue weighted by atomic mass is 9.88. The minimum atomic E-state index is 0.549. The minimum Gasteiger partial charge on any atom is -0.327 e. The Balaban J connectivity index is 1.66. The molecule has 2 N–H and O–H groups in total. The minimum absolute atomic E-state index is 0.549. The molecule has 0 aromatic rings. The molecule has 2 aliphatic carbocycles. The highest BCUT2D eigenvalue weighted by Crippen LogP contribution is 2.48. The summed E-state index contributed by atoms with van der Waals surface area (Å²) in [4.78, 5) is 0. The van der Waals surface area contributed by atoms with E-state index in [0.29, 0.717) is 6.04 Å². The van der Waals surface area contributed by atoms with E-state index in [1.54, 1.807) is 0 Å². The zero-order valence-electron chi connectivity index (χ0n) is 11.0. The summed E-state index contributed by atoms with van der Waals surface area (Å²) >= 11 is 0. The normalized spacial score (nSPS) is 37.9. The lowest BCUT2D eigenvalue weighted by Gasteiger charge is -2.18. The average molecular weight is 223 g/mol. The van der Waals surface area contributed by atoms with Crippen LogP contribution in [0.25, 0.3) is 0 Å². The van der Waals surface area contributed by atoms with Crippen LogP contribution in [0.3, 0.4) is 0 Å². The van der Waals surface area contributed by atoms with Gasteiger partial charge in [0.05, 0.1) is 0 Å². The van der Waals surface area contributed by atoms with Crippen LogP contribution < -0.4 is 5.73 Å². The predicted molar refractivity (Wildman–Crippen MR) is 70.3 cm³/mol. The Morgan fingerprint density at radius 1 is 1.00 bits per heavy atom. The Bertz CT molecular complexity index is 202. The van der Waals surface area contributed by atoms with Gasteiger partial charge in [-0.1, -0.05) is 51.9 Å². The number of nitrogens with two attached hydrogens (primary N) is 1. The van der Waals surface area contributed by atoms with Gasteiger partial charge in [0.1, 0.15) is 0 Å². The van der Waals surface area contributed by atoms with E-state index in [0.717, 1.165) is 17.8 Å². The van der Waals surface area contributed by atoms with Crippen LogP contribution in [0.15, 0.2) is 0 Å². The topological polar surface area (TPSA) is 26.0 Å². The van der Waals surface area contributed by atoms with Gasteiger partial charge < -0.3 is 5.73 Å². The third-order valence-electron chi connectivity index (χ3n) is 5.03. The Morgan fingerprint density at radius 3 is 2.56 bits per heavy atom. The molecule has 0 amide bonds. The molecule has 2 rings (SSSR count). The fraction of sp³-hybridized carbons (Fsp3) is 1.00. The largest absolute Gasteiger partial charge is 0.327 e. The zero-order valence-corrected chi connectivity index (χ0v) is 11.0. The molecular weight excluding hydrogens is 194 g/mol. The molecule has 0 aromatic carbocycles. The summed E-state index contributed by atoms with van der Waals surface area (Å²) in [5, 5.41) is 0. The molecular formula is C15H29N. The van der Waals surface area contributed by atoms with Crippen molar-refractivity contribution in [1.29, 1.82) is 0 Å². The van der Waals surface area contributed by atoms with Crippen molar-refractivity contribution < 1.29 is 0 Å². The standard InChI is InChI=1S/C15H29N/c1-2-3-4-5-6-8-12-11-15(16)14-10-7-9-13(12)14/h12-15H,2-11,16H2,1H3. The Hall–Kier alpha value is -0.0400. The molecule has 4 unspecified atom stereocenters. The first-order valence-electron chi connectivity index (χ1n) is 7.58. The summed E-state index contributed by atoms with van der Waals surface area (Å²) in [6.45, 7) is 2.29. The van der Waals surface area contributed by atoms with E-state index in [9.17, 15) is 0 Å². The molecule has 0 bridgehead atoms. The molecule has 1 nitrogen and oxygen atoms in total. The second-order valence-electron chi connectivity index (χ2n) is 6.12. The molecule has 0 heterocycles. The van der Waals surface area contributed by atoms with E-state index in [-0.39, 0.29) is 0 Å². The molecule has 4 atom stereocenters. The van der Waals surface area contributed by atoms with Gasteiger partial charge >= 0.3 is 0 Å². The third kappa shape index (κ3) is 2.80. The molecule has 0 spiro atoms. The van der Waals surface area contributed by atoms with Gasteiger partial charge in [-0.15, -0.1) is 0 Å². The second kappa shape index (κ2) is 6.05. The highest BCUT2D eigenvalue weighted by Gasteiger charge is 2.43. The van der Waals surface area contributed by atoms with Crippen molar-refractivity contribution >= 4 is 0 Å². The highest BCUT2D eigenvalue weighted by atomic mass is 14.7. The SMILES string of the molecule is CCCCCCCC1CC(N)C2CCCC12. The van der Waals surface area contributed by atoms with Crippen LogP contribution in [-0.4, -0.2) is 6.04 Å². The van der Waals surface area contributed by atoms with Crippen LogP contribution in [0, 0.1) is 17.8 Å². The van der Waals surface area contributed by atoms with Gasteiger partial charge in [-0.25, -0.2) is 0 Å². The molecule has 1 heteroatoms. The third-order valence-corrected chi connectivity index (χ3v) is 5.03. The van der Waals surface area contributed by atoms with Crippen LogP contribution in [0.4, 0.5) is 0 Å². The summed E-state index contributed by atoms with van der Waals surface area (Å²) in [5.41, 5.74) is 6.26. The lowest BCUT2D eigenvalue weighted by molar-refractivity contribution is 0.322. The average Bonchev–Trinajstić information content (AvgIpc) is 2.84. The maximum atomic E-state index is 6.26. The van der Waals surface area contributed by atoms with Gasteiger partial charge in [0.25, 0.3) is 0 Å². The fourth-order valence-corrected chi connectivity index (χ4v) is 4.18. The van der Waals surface area contributed by atoms with E-state index in [1.165, 1.54) is 64.2 Å². The monoisotopic (exact) mass is 223 g/mol. The van der Waals surface area contributed by atoms with Crippen molar-refractivity contribution in [2.45, 2.75) is 77.2 Å². The van der Waals surface area contributed by atoms with Crippen molar-refractivity contribution in [3.8, 4) is 0 Å². The van der Waals surface area contributed by atoms with Crippen molar-refractivity contribution in [3.05, 3.63) is 0 Å². The molecule has 2 fully saturated rings. The summed E-state index contributed by atoms with van der Waals surface area (Å²) in [6, 6.07) is 0.549. The van der Waals surface area contributed by atoms with Gasteiger partial charge in [-0.3, -0.25) is 0 Å². The van der Waals surface area contributed by atoms with Crippen LogP contribution >= 0.6 is 0 Å². The first-order valence-corrected chi connectivity index (χ1v) is 7.58. The van der Waals surface area contributed by atoms with Gasteiger partial charge in [0.2, 0.25) is 0 Å². The summed E-state index contributed by atoms with van der Waals surface area (Å²) in [5.74, 6) is 2.91. The van der Waals surface area contributed by atoms with Crippen molar-refractivity contribution in [3.63, 3.8) is 0 Å². The van der Waals surface area contributed by atoms with Crippen LogP contribution in [-0.2, 0) is 0 Å². The Labute approximate surface area is 101 Å². The second-order valence-corrected chi connectivity index (χ2v) is 6.12. The summed E-state index contributed by atoms with van der Waals surface area (Å²) in [7, 11) is 0. The summed E-state index contributed by atoms with van der Waals surface area (Å²) < 4.78 is 0.